The molecule has 12 heteroatoms. The SMILES string of the molecule is CC1=C(C(=O)O)N[C@@H]([C@H](NC(=O)[C@H](N)c2ccccc2)C(=O)OC[C@H](N)C(=O)O)SC1. The predicted molar refractivity (Wildman–Crippen MR) is 112 cm³/mol. The van der Waals surface area contributed by atoms with Gasteiger partial charge >= 0.3 is 17.9 Å². The van der Waals surface area contributed by atoms with Crippen molar-refractivity contribution < 1.29 is 34.1 Å². The molecule has 0 aromatic heterocycles. The van der Waals surface area contributed by atoms with Gasteiger partial charge in [0.1, 0.15) is 29.8 Å². The zero-order chi connectivity index (χ0) is 23.1. The van der Waals surface area contributed by atoms with E-state index >= 15 is 0 Å². The summed E-state index contributed by atoms with van der Waals surface area (Å²) in [6.07, 6.45) is 0. The van der Waals surface area contributed by atoms with Crippen LogP contribution in [-0.2, 0) is 23.9 Å². The number of carbonyl (C=O) groups excluding carboxylic acids is 2. The molecular formula is C19H24N4O7S. The van der Waals surface area contributed by atoms with E-state index in [-0.39, 0.29) is 5.70 Å². The number of carboxylic acid groups (broad SMARTS) is 2. The molecule has 1 amide bonds. The van der Waals surface area contributed by atoms with Gasteiger partial charge in [0.15, 0.2) is 6.04 Å². The zero-order valence-corrected chi connectivity index (χ0v) is 17.4. The van der Waals surface area contributed by atoms with Crippen molar-refractivity contribution in [3.63, 3.8) is 0 Å². The summed E-state index contributed by atoms with van der Waals surface area (Å²) < 4.78 is 4.97. The molecular weight excluding hydrogens is 428 g/mol. The Labute approximate surface area is 182 Å². The van der Waals surface area contributed by atoms with Crippen LogP contribution in [0.2, 0.25) is 0 Å². The van der Waals surface area contributed by atoms with Gasteiger partial charge in [0, 0.05) is 5.75 Å². The maximum absolute atomic E-state index is 12.7. The number of aliphatic carboxylic acids is 2. The first-order valence-electron chi connectivity index (χ1n) is 9.19. The molecule has 0 unspecified atom stereocenters. The fourth-order valence-corrected chi connectivity index (χ4v) is 3.81. The Morgan fingerprint density at radius 2 is 1.87 bits per heavy atom. The van der Waals surface area contributed by atoms with Crippen molar-refractivity contribution in [2.24, 2.45) is 11.5 Å². The van der Waals surface area contributed by atoms with Crippen LogP contribution in [-0.4, -0.2) is 63.8 Å². The Hall–Kier alpha value is -3.09. The van der Waals surface area contributed by atoms with Gasteiger partial charge in [-0.2, -0.15) is 0 Å². The summed E-state index contributed by atoms with van der Waals surface area (Å²) in [6.45, 7) is 1.01. The summed E-state index contributed by atoms with van der Waals surface area (Å²) in [5.74, 6) is -3.95. The molecule has 0 saturated heterocycles. The highest BCUT2D eigenvalue weighted by Crippen LogP contribution is 2.25. The Kier molecular flexibility index (Phi) is 8.42. The van der Waals surface area contributed by atoms with Crippen LogP contribution in [0.4, 0.5) is 0 Å². The van der Waals surface area contributed by atoms with E-state index in [0.29, 0.717) is 16.9 Å². The van der Waals surface area contributed by atoms with Crippen LogP contribution in [0.3, 0.4) is 0 Å². The highest BCUT2D eigenvalue weighted by Gasteiger charge is 2.37. The summed E-state index contributed by atoms with van der Waals surface area (Å²) in [4.78, 5) is 47.7. The van der Waals surface area contributed by atoms with E-state index in [0.717, 1.165) is 0 Å². The van der Waals surface area contributed by atoms with E-state index in [1.54, 1.807) is 37.3 Å². The molecule has 1 aliphatic rings. The molecule has 1 aromatic rings. The lowest BCUT2D eigenvalue weighted by Crippen LogP contribution is -2.56. The topological polar surface area (TPSA) is 194 Å². The van der Waals surface area contributed by atoms with Crippen LogP contribution in [0.5, 0.6) is 0 Å². The van der Waals surface area contributed by atoms with Crippen LogP contribution >= 0.6 is 11.8 Å². The lowest BCUT2D eigenvalue weighted by atomic mass is 10.1. The van der Waals surface area contributed by atoms with Crippen molar-refractivity contribution in [3.8, 4) is 0 Å². The van der Waals surface area contributed by atoms with Gasteiger partial charge in [-0.1, -0.05) is 30.3 Å². The van der Waals surface area contributed by atoms with E-state index in [1.807, 2.05) is 0 Å². The number of carboxylic acids is 2. The number of nitrogens with one attached hydrogen (secondary N) is 2. The van der Waals surface area contributed by atoms with Gasteiger partial charge in [-0.05, 0) is 18.1 Å². The predicted octanol–water partition coefficient (Wildman–Crippen LogP) is -0.853. The van der Waals surface area contributed by atoms with Gasteiger partial charge < -0.3 is 37.1 Å². The summed E-state index contributed by atoms with van der Waals surface area (Å²) in [5.41, 5.74) is 12.3. The third-order valence-electron chi connectivity index (χ3n) is 4.42. The number of thioether (sulfide) groups is 1. The van der Waals surface area contributed by atoms with Gasteiger partial charge in [-0.25, -0.2) is 9.59 Å². The Balaban J connectivity index is 2.21. The molecule has 1 heterocycles. The molecule has 0 aliphatic carbocycles. The van der Waals surface area contributed by atoms with Crippen molar-refractivity contribution in [2.75, 3.05) is 12.4 Å². The van der Waals surface area contributed by atoms with Crippen LogP contribution in [0, 0.1) is 0 Å². The molecule has 1 aliphatic heterocycles. The van der Waals surface area contributed by atoms with Crippen molar-refractivity contribution in [3.05, 3.63) is 47.2 Å². The summed E-state index contributed by atoms with van der Waals surface area (Å²) in [6, 6.07) is 4.55. The van der Waals surface area contributed by atoms with Gasteiger partial charge in [0.25, 0.3) is 0 Å². The first-order chi connectivity index (χ1) is 14.6. The highest BCUT2D eigenvalue weighted by molar-refractivity contribution is 8.00. The maximum atomic E-state index is 12.7. The fraction of sp³-hybridized carbons (Fsp3) is 0.368. The first kappa shape index (κ1) is 24.2. The molecule has 0 fully saturated rings. The fourth-order valence-electron chi connectivity index (χ4n) is 2.66. The summed E-state index contributed by atoms with van der Waals surface area (Å²) >= 11 is 1.18. The minimum atomic E-state index is -1.45. The molecule has 1 aromatic carbocycles. The zero-order valence-electron chi connectivity index (χ0n) is 16.6. The number of amides is 1. The van der Waals surface area contributed by atoms with Crippen LogP contribution in [0.25, 0.3) is 0 Å². The van der Waals surface area contributed by atoms with E-state index in [4.69, 9.17) is 21.3 Å². The second-order valence-electron chi connectivity index (χ2n) is 6.79. The number of esters is 1. The van der Waals surface area contributed by atoms with Crippen LogP contribution in [0.15, 0.2) is 41.6 Å². The largest absolute Gasteiger partial charge is 0.480 e. The van der Waals surface area contributed by atoms with Gasteiger partial charge in [-0.3, -0.25) is 9.59 Å². The Morgan fingerprint density at radius 1 is 1.23 bits per heavy atom. The third kappa shape index (κ3) is 6.44. The molecule has 11 nitrogen and oxygen atoms in total. The average molecular weight is 452 g/mol. The Bertz CT molecular complexity index is 877. The van der Waals surface area contributed by atoms with Crippen molar-refractivity contribution in [1.82, 2.24) is 10.6 Å². The first-order valence-corrected chi connectivity index (χ1v) is 10.2. The summed E-state index contributed by atoms with van der Waals surface area (Å²) in [5, 5.41) is 22.5. The molecule has 0 radical (unpaired) electrons. The molecule has 168 valence electrons. The monoisotopic (exact) mass is 452 g/mol. The summed E-state index contributed by atoms with van der Waals surface area (Å²) in [7, 11) is 0. The molecule has 8 N–H and O–H groups in total. The molecule has 0 saturated carbocycles. The second kappa shape index (κ2) is 10.8. The van der Waals surface area contributed by atoms with E-state index in [1.165, 1.54) is 11.8 Å². The van der Waals surface area contributed by atoms with Crippen LogP contribution < -0.4 is 22.1 Å². The van der Waals surface area contributed by atoms with Gasteiger partial charge in [0.2, 0.25) is 5.91 Å². The number of carbonyl (C=O) groups is 4. The molecule has 2 rings (SSSR count). The number of hydrogen-bond donors (Lipinski definition) is 6. The van der Waals surface area contributed by atoms with E-state index < -0.39 is 53.9 Å². The van der Waals surface area contributed by atoms with Crippen molar-refractivity contribution >= 4 is 35.6 Å². The van der Waals surface area contributed by atoms with E-state index in [2.05, 4.69) is 10.6 Å². The number of benzene rings is 1. The quantitative estimate of drug-likeness (QED) is 0.255. The molecule has 0 spiro atoms. The number of ether oxygens (including phenoxy) is 1. The number of hydrogen-bond acceptors (Lipinski definition) is 9. The van der Waals surface area contributed by atoms with Gasteiger partial charge in [-0.15, -0.1) is 11.8 Å². The Morgan fingerprint density at radius 3 is 2.45 bits per heavy atom. The highest BCUT2D eigenvalue weighted by atomic mass is 32.2. The van der Waals surface area contributed by atoms with E-state index in [9.17, 15) is 24.3 Å². The van der Waals surface area contributed by atoms with Crippen LogP contribution in [0.1, 0.15) is 18.5 Å². The van der Waals surface area contributed by atoms with Crippen molar-refractivity contribution in [2.45, 2.75) is 30.4 Å². The smallest absolute Gasteiger partial charge is 0.351 e. The normalized spacial score (nSPS) is 18.9. The lowest BCUT2D eigenvalue weighted by Gasteiger charge is -2.32. The lowest BCUT2D eigenvalue weighted by molar-refractivity contribution is -0.151. The van der Waals surface area contributed by atoms with Crippen molar-refractivity contribution in [1.29, 1.82) is 0 Å². The third-order valence-corrected chi connectivity index (χ3v) is 5.77. The maximum Gasteiger partial charge on any atom is 0.351 e. The number of rotatable bonds is 9. The minimum Gasteiger partial charge on any atom is -0.480 e. The second-order valence-corrected chi connectivity index (χ2v) is 7.92. The minimum absolute atomic E-state index is 0.0922. The molecule has 4 atom stereocenters. The average Bonchev–Trinajstić information content (AvgIpc) is 2.75. The molecule has 0 bridgehead atoms. The van der Waals surface area contributed by atoms with Gasteiger partial charge in [0.05, 0.1) is 0 Å². The standard InChI is InChI=1S/C19H24N4O7S/c1-9-8-31-16(23-13(9)18(27)28)14(19(29)30-7-11(20)17(25)26)22-15(24)12(21)10-5-3-2-4-6-10/h2-6,11-12,14,16,23H,7-8,20-21H2,1H3,(H,22,24)(H,25,26)(H,27,28)/t11-,12+,14-,16+/m0/s1. The molecule has 31 heavy (non-hydrogen) atoms. The number of nitrogens with two attached hydrogens (primary N) is 2.